The summed E-state index contributed by atoms with van der Waals surface area (Å²) in [6.45, 7) is 0.974. The zero-order chi connectivity index (χ0) is 20.3. The summed E-state index contributed by atoms with van der Waals surface area (Å²) in [7, 11) is 0. The van der Waals surface area contributed by atoms with E-state index in [1.54, 1.807) is 0 Å². The Balaban J connectivity index is 1.70. The molecule has 0 aromatic heterocycles. The molecule has 10 heteroatoms. The molecule has 0 fully saturated rings. The van der Waals surface area contributed by atoms with Crippen LogP contribution in [0.25, 0.3) is 0 Å². The predicted molar refractivity (Wildman–Crippen MR) is 92.8 cm³/mol. The van der Waals surface area contributed by atoms with E-state index in [0.717, 1.165) is 6.07 Å². The third-order valence-corrected chi connectivity index (χ3v) is 3.72. The number of para-hydroxylation sites is 2. The molecule has 2 aromatic carbocycles. The molecular weight excluding hydrogens is 381 g/mol. The van der Waals surface area contributed by atoms with Gasteiger partial charge in [0.05, 0.1) is 17.9 Å². The molecule has 0 unspecified atom stereocenters. The van der Waals surface area contributed by atoms with Crippen LogP contribution in [0.3, 0.4) is 0 Å². The van der Waals surface area contributed by atoms with Crippen molar-refractivity contribution in [1.29, 1.82) is 0 Å². The SMILES string of the molecule is CC(=O)c1cc2c(cc1NC(=O)CNc1ccccc1OC(F)(F)F)OCO2. The number of ether oxygens (including phenoxy) is 3. The lowest BCUT2D eigenvalue weighted by Crippen LogP contribution is -2.24. The van der Waals surface area contributed by atoms with Crippen molar-refractivity contribution in [3.05, 3.63) is 42.0 Å². The molecule has 2 N–H and O–H groups in total. The largest absolute Gasteiger partial charge is 0.573 e. The number of Topliss-reactive ketones (excluding diaryl/α,β-unsaturated/α-hetero) is 1. The Bertz CT molecular complexity index is 915. The van der Waals surface area contributed by atoms with Gasteiger partial charge in [-0.15, -0.1) is 13.2 Å². The summed E-state index contributed by atoms with van der Waals surface area (Å²) in [6.07, 6.45) is -4.86. The molecule has 0 atom stereocenters. The molecule has 0 bridgehead atoms. The Hall–Kier alpha value is -3.43. The standard InChI is InChI=1S/C18H15F3N2O5/c1-10(24)11-6-15-16(27-9-26-15)7-13(11)23-17(25)8-22-12-4-2-3-5-14(12)28-18(19,20)21/h2-7,22H,8-9H2,1H3,(H,23,25). The van der Waals surface area contributed by atoms with Crippen molar-refractivity contribution in [3.63, 3.8) is 0 Å². The number of halogens is 3. The first kappa shape index (κ1) is 19.3. The number of hydrogen-bond donors (Lipinski definition) is 2. The number of alkyl halides is 3. The van der Waals surface area contributed by atoms with E-state index in [9.17, 15) is 22.8 Å². The number of rotatable bonds is 6. The summed E-state index contributed by atoms with van der Waals surface area (Å²) in [5.74, 6) is -0.583. The topological polar surface area (TPSA) is 85.9 Å². The summed E-state index contributed by atoms with van der Waals surface area (Å²) >= 11 is 0. The third-order valence-electron chi connectivity index (χ3n) is 3.72. The van der Waals surface area contributed by atoms with E-state index >= 15 is 0 Å². The van der Waals surface area contributed by atoms with Crippen LogP contribution in [0.4, 0.5) is 24.5 Å². The number of carbonyl (C=O) groups excluding carboxylic acids is 2. The number of nitrogens with one attached hydrogen (secondary N) is 2. The van der Waals surface area contributed by atoms with Crippen LogP contribution >= 0.6 is 0 Å². The highest BCUT2D eigenvalue weighted by Crippen LogP contribution is 2.37. The molecule has 2 aromatic rings. The predicted octanol–water partition coefficient (Wildman–Crippen LogP) is 3.57. The highest BCUT2D eigenvalue weighted by Gasteiger charge is 2.32. The quantitative estimate of drug-likeness (QED) is 0.727. The fraction of sp³-hybridized carbons (Fsp3) is 0.222. The Kier molecular flexibility index (Phi) is 5.30. The van der Waals surface area contributed by atoms with Crippen LogP contribution in [-0.4, -0.2) is 31.4 Å². The van der Waals surface area contributed by atoms with Crippen molar-refractivity contribution in [3.8, 4) is 17.2 Å². The second-order valence-electron chi connectivity index (χ2n) is 5.75. The molecule has 0 saturated carbocycles. The van der Waals surface area contributed by atoms with Crippen molar-refractivity contribution in [2.75, 3.05) is 24.0 Å². The molecular formula is C18H15F3N2O5. The molecule has 1 aliphatic heterocycles. The van der Waals surface area contributed by atoms with Crippen LogP contribution < -0.4 is 24.8 Å². The number of carbonyl (C=O) groups is 2. The van der Waals surface area contributed by atoms with Crippen molar-refractivity contribution >= 4 is 23.1 Å². The van der Waals surface area contributed by atoms with Crippen LogP contribution in [0, 0.1) is 0 Å². The van der Waals surface area contributed by atoms with Gasteiger partial charge in [0, 0.05) is 11.6 Å². The first-order chi connectivity index (χ1) is 13.2. The summed E-state index contributed by atoms with van der Waals surface area (Å²) in [6, 6.07) is 8.25. The molecule has 1 heterocycles. The Morgan fingerprint density at radius 2 is 1.79 bits per heavy atom. The maximum Gasteiger partial charge on any atom is 0.573 e. The number of anilines is 2. The van der Waals surface area contributed by atoms with Gasteiger partial charge in [0.2, 0.25) is 12.7 Å². The molecule has 1 amide bonds. The minimum atomic E-state index is -4.86. The molecule has 0 saturated heterocycles. The number of hydrogen-bond acceptors (Lipinski definition) is 6. The lowest BCUT2D eigenvalue weighted by molar-refractivity contribution is -0.274. The second kappa shape index (κ2) is 7.67. The average molecular weight is 396 g/mol. The smallest absolute Gasteiger partial charge is 0.454 e. The highest BCUT2D eigenvalue weighted by atomic mass is 19.4. The van der Waals surface area contributed by atoms with E-state index in [4.69, 9.17) is 9.47 Å². The molecule has 0 spiro atoms. The monoisotopic (exact) mass is 396 g/mol. The molecule has 0 aliphatic carbocycles. The summed E-state index contributed by atoms with van der Waals surface area (Å²) in [4.78, 5) is 24.1. The maximum atomic E-state index is 12.5. The van der Waals surface area contributed by atoms with E-state index in [1.807, 2.05) is 0 Å². The zero-order valence-electron chi connectivity index (χ0n) is 14.6. The average Bonchev–Trinajstić information content (AvgIpc) is 3.06. The number of benzene rings is 2. The summed E-state index contributed by atoms with van der Waals surface area (Å²) in [5, 5.41) is 5.12. The minimum absolute atomic E-state index is 0.00161. The molecule has 1 aliphatic rings. The van der Waals surface area contributed by atoms with Crippen molar-refractivity contribution < 1.29 is 37.0 Å². The third kappa shape index (κ3) is 4.64. The normalized spacial score (nSPS) is 12.4. The summed E-state index contributed by atoms with van der Waals surface area (Å²) < 4.78 is 51.7. The van der Waals surface area contributed by atoms with Crippen LogP contribution in [0.5, 0.6) is 17.2 Å². The van der Waals surface area contributed by atoms with E-state index in [-0.39, 0.29) is 36.1 Å². The van der Waals surface area contributed by atoms with Crippen molar-refractivity contribution in [1.82, 2.24) is 0 Å². The number of amides is 1. The summed E-state index contributed by atoms with van der Waals surface area (Å²) in [5.41, 5.74) is 0.425. The van der Waals surface area contributed by atoms with Gasteiger partial charge < -0.3 is 24.8 Å². The van der Waals surface area contributed by atoms with Gasteiger partial charge in [0.25, 0.3) is 0 Å². The van der Waals surface area contributed by atoms with Crippen LogP contribution in [0.2, 0.25) is 0 Å². The zero-order valence-corrected chi connectivity index (χ0v) is 14.6. The van der Waals surface area contributed by atoms with Crippen LogP contribution in [0.1, 0.15) is 17.3 Å². The Morgan fingerprint density at radius 1 is 1.11 bits per heavy atom. The molecule has 148 valence electrons. The van der Waals surface area contributed by atoms with Gasteiger partial charge in [0.15, 0.2) is 23.0 Å². The maximum absolute atomic E-state index is 12.5. The van der Waals surface area contributed by atoms with Gasteiger partial charge in [-0.05, 0) is 25.1 Å². The Labute approximate surface area is 157 Å². The second-order valence-corrected chi connectivity index (χ2v) is 5.75. The Morgan fingerprint density at radius 3 is 2.46 bits per heavy atom. The van der Waals surface area contributed by atoms with Gasteiger partial charge in [-0.3, -0.25) is 9.59 Å². The van der Waals surface area contributed by atoms with Crippen LogP contribution in [0.15, 0.2) is 36.4 Å². The van der Waals surface area contributed by atoms with E-state index in [1.165, 1.54) is 37.3 Å². The fourth-order valence-corrected chi connectivity index (χ4v) is 2.53. The minimum Gasteiger partial charge on any atom is -0.454 e. The number of ketones is 1. The highest BCUT2D eigenvalue weighted by molar-refractivity contribution is 6.05. The first-order valence-corrected chi connectivity index (χ1v) is 8.06. The van der Waals surface area contributed by atoms with E-state index in [0.29, 0.717) is 11.5 Å². The van der Waals surface area contributed by atoms with Crippen LogP contribution in [-0.2, 0) is 4.79 Å². The lowest BCUT2D eigenvalue weighted by atomic mass is 10.1. The van der Waals surface area contributed by atoms with Gasteiger partial charge in [-0.25, -0.2) is 0 Å². The molecule has 7 nitrogen and oxygen atoms in total. The fourth-order valence-electron chi connectivity index (χ4n) is 2.53. The van der Waals surface area contributed by atoms with E-state index in [2.05, 4.69) is 15.4 Å². The molecule has 28 heavy (non-hydrogen) atoms. The van der Waals surface area contributed by atoms with Gasteiger partial charge in [-0.1, -0.05) is 12.1 Å². The number of fused-ring (bicyclic) bond motifs is 1. The van der Waals surface area contributed by atoms with Gasteiger partial charge in [0.1, 0.15) is 0 Å². The van der Waals surface area contributed by atoms with Crippen molar-refractivity contribution in [2.45, 2.75) is 13.3 Å². The van der Waals surface area contributed by atoms with Gasteiger partial charge >= 0.3 is 6.36 Å². The first-order valence-electron chi connectivity index (χ1n) is 8.06. The molecule has 0 radical (unpaired) electrons. The lowest BCUT2D eigenvalue weighted by Gasteiger charge is -2.15. The van der Waals surface area contributed by atoms with Crippen molar-refractivity contribution in [2.24, 2.45) is 0 Å². The van der Waals surface area contributed by atoms with Gasteiger partial charge in [-0.2, -0.15) is 0 Å². The van der Waals surface area contributed by atoms with E-state index < -0.39 is 18.0 Å². The molecule has 3 rings (SSSR count).